The van der Waals surface area contributed by atoms with E-state index in [1.54, 1.807) is 0 Å². The third-order valence-corrected chi connectivity index (χ3v) is 3.05. The van der Waals surface area contributed by atoms with Crippen molar-refractivity contribution in [3.05, 3.63) is 29.8 Å². The van der Waals surface area contributed by atoms with E-state index in [0.717, 1.165) is 5.56 Å². The molecule has 0 aromatic heterocycles. The van der Waals surface area contributed by atoms with Crippen LogP contribution >= 0.6 is 0 Å². The van der Waals surface area contributed by atoms with Gasteiger partial charge in [0, 0.05) is 19.7 Å². The van der Waals surface area contributed by atoms with E-state index in [9.17, 15) is 4.79 Å². The van der Waals surface area contributed by atoms with Gasteiger partial charge in [-0.2, -0.15) is 0 Å². The molecule has 0 atom stereocenters. The van der Waals surface area contributed by atoms with Gasteiger partial charge in [-0.1, -0.05) is 18.2 Å². The summed E-state index contributed by atoms with van der Waals surface area (Å²) in [6, 6.07) is 7.41. The van der Waals surface area contributed by atoms with Crippen molar-refractivity contribution in [2.75, 3.05) is 19.7 Å². The SMILES string of the molecule is O=C(O)CC1(Oc2ccccc2CCO)CNC1. The highest BCUT2D eigenvalue weighted by Gasteiger charge is 2.41. The molecule has 1 fully saturated rings. The Hall–Kier alpha value is -1.59. The van der Waals surface area contributed by atoms with Gasteiger partial charge in [0.1, 0.15) is 11.4 Å². The van der Waals surface area contributed by atoms with Crippen LogP contribution in [-0.2, 0) is 11.2 Å². The number of carboxylic acids is 1. The van der Waals surface area contributed by atoms with Crippen LogP contribution in [0.1, 0.15) is 12.0 Å². The molecule has 0 bridgehead atoms. The molecule has 0 unspecified atom stereocenters. The second-order valence-electron chi connectivity index (χ2n) is 4.54. The Kier molecular flexibility index (Phi) is 3.84. The number of aliphatic carboxylic acids is 1. The monoisotopic (exact) mass is 251 g/mol. The number of rotatable bonds is 6. The number of aliphatic hydroxyl groups is 1. The molecule has 18 heavy (non-hydrogen) atoms. The first-order valence-electron chi connectivity index (χ1n) is 5.95. The Morgan fingerprint density at radius 3 is 2.67 bits per heavy atom. The second-order valence-corrected chi connectivity index (χ2v) is 4.54. The average Bonchev–Trinajstić information content (AvgIpc) is 2.28. The van der Waals surface area contributed by atoms with Crippen LogP contribution in [0.3, 0.4) is 0 Å². The minimum Gasteiger partial charge on any atom is -0.484 e. The Morgan fingerprint density at radius 1 is 1.39 bits per heavy atom. The Bertz CT molecular complexity index is 429. The van der Waals surface area contributed by atoms with Crippen LogP contribution in [0.25, 0.3) is 0 Å². The van der Waals surface area contributed by atoms with Crippen molar-refractivity contribution in [3.8, 4) is 5.75 Å². The molecule has 1 aromatic carbocycles. The Morgan fingerprint density at radius 2 is 2.11 bits per heavy atom. The highest BCUT2D eigenvalue weighted by Crippen LogP contribution is 2.28. The molecule has 5 nitrogen and oxygen atoms in total. The zero-order valence-electron chi connectivity index (χ0n) is 10.1. The number of ether oxygens (including phenoxy) is 1. The number of aliphatic hydroxyl groups excluding tert-OH is 1. The molecule has 1 heterocycles. The normalized spacial score (nSPS) is 16.9. The van der Waals surface area contributed by atoms with Gasteiger partial charge in [-0.25, -0.2) is 0 Å². The number of carbonyl (C=O) groups is 1. The number of para-hydroxylation sites is 1. The Balaban J connectivity index is 2.14. The van der Waals surface area contributed by atoms with E-state index in [1.807, 2.05) is 24.3 Å². The van der Waals surface area contributed by atoms with Gasteiger partial charge in [-0.3, -0.25) is 4.79 Å². The average molecular weight is 251 g/mol. The van der Waals surface area contributed by atoms with Crippen molar-refractivity contribution >= 4 is 5.97 Å². The molecule has 1 aromatic rings. The first-order valence-corrected chi connectivity index (χ1v) is 5.95. The zero-order chi connectivity index (χ0) is 13.0. The van der Waals surface area contributed by atoms with Gasteiger partial charge in [-0.15, -0.1) is 0 Å². The quantitative estimate of drug-likeness (QED) is 0.683. The molecule has 0 saturated carbocycles. The van der Waals surface area contributed by atoms with Gasteiger partial charge < -0.3 is 20.3 Å². The van der Waals surface area contributed by atoms with Crippen molar-refractivity contribution in [1.29, 1.82) is 0 Å². The fourth-order valence-electron chi connectivity index (χ4n) is 2.08. The van der Waals surface area contributed by atoms with Crippen LogP contribution in [0.2, 0.25) is 0 Å². The molecule has 1 aliphatic rings. The number of hydrogen-bond donors (Lipinski definition) is 3. The maximum atomic E-state index is 10.9. The van der Waals surface area contributed by atoms with Crippen molar-refractivity contribution in [2.24, 2.45) is 0 Å². The highest BCUT2D eigenvalue weighted by molar-refractivity contribution is 5.68. The minimum absolute atomic E-state index is 0.0204. The van der Waals surface area contributed by atoms with Crippen LogP contribution in [0.4, 0.5) is 0 Å². The summed E-state index contributed by atoms with van der Waals surface area (Å²) in [5.74, 6) is -0.203. The molecule has 0 spiro atoms. The summed E-state index contributed by atoms with van der Waals surface area (Å²) >= 11 is 0. The fraction of sp³-hybridized carbons (Fsp3) is 0.462. The molecule has 98 valence electrons. The first kappa shape index (κ1) is 12.9. The molecular formula is C13H17NO4. The molecule has 3 N–H and O–H groups in total. The van der Waals surface area contributed by atoms with Crippen LogP contribution in [-0.4, -0.2) is 41.5 Å². The number of carboxylic acid groups (broad SMARTS) is 1. The lowest BCUT2D eigenvalue weighted by Crippen LogP contribution is -2.64. The van der Waals surface area contributed by atoms with E-state index in [4.69, 9.17) is 14.9 Å². The zero-order valence-corrected chi connectivity index (χ0v) is 10.1. The van der Waals surface area contributed by atoms with E-state index < -0.39 is 11.6 Å². The highest BCUT2D eigenvalue weighted by atomic mass is 16.5. The molecule has 1 saturated heterocycles. The predicted molar refractivity (Wildman–Crippen MR) is 65.7 cm³/mol. The third kappa shape index (κ3) is 2.80. The van der Waals surface area contributed by atoms with E-state index in [2.05, 4.69) is 5.32 Å². The van der Waals surface area contributed by atoms with Gasteiger partial charge >= 0.3 is 5.97 Å². The van der Waals surface area contributed by atoms with E-state index >= 15 is 0 Å². The van der Waals surface area contributed by atoms with Gasteiger partial charge in [-0.05, 0) is 18.1 Å². The van der Waals surface area contributed by atoms with Crippen LogP contribution in [0, 0.1) is 0 Å². The number of benzene rings is 1. The molecule has 1 aliphatic heterocycles. The third-order valence-electron chi connectivity index (χ3n) is 3.05. The summed E-state index contributed by atoms with van der Waals surface area (Å²) in [6.45, 7) is 1.12. The lowest BCUT2D eigenvalue weighted by atomic mass is 9.92. The largest absolute Gasteiger partial charge is 0.484 e. The predicted octanol–water partition coefficient (Wildman–Crippen LogP) is 0.417. The van der Waals surface area contributed by atoms with Crippen molar-refractivity contribution < 1.29 is 19.7 Å². The van der Waals surface area contributed by atoms with Crippen LogP contribution < -0.4 is 10.1 Å². The molecule has 2 rings (SSSR count). The topological polar surface area (TPSA) is 78.8 Å². The first-order chi connectivity index (χ1) is 8.65. The number of hydrogen-bond acceptors (Lipinski definition) is 4. The number of nitrogens with one attached hydrogen (secondary N) is 1. The van der Waals surface area contributed by atoms with E-state index in [0.29, 0.717) is 25.3 Å². The van der Waals surface area contributed by atoms with Crippen LogP contribution in [0.15, 0.2) is 24.3 Å². The summed E-state index contributed by atoms with van der Waals surface area (Å²) in [4.78, 5) is 10.9. The molecule has 0 aliphatic carbocycles. The Labute approximate surface area is 105 Å². The minimum atomic E-state index is -0.865. The molecule has 5 heteroatoms. The summed E-state index contributed by atoms with van der Waals surface area (Å²) in [5.41, 5.74) is 0.244. The van der Waals surface area contributed by atoms with E-state index in [1.165, 1.54) is 0 Å². The fourth-order valence-corrected chi connectivity index (χ4v) is 2.08. The smallest absolute Gasteiger partial charge is 0.307 e. The maximum absolute atomic E-state index is 10.9. The standard InChI is InChI=1S/C13H17NO4/c15-6-5-10-3-1-2-4-11(10)18-13(7-12(16)17)8-14-9-13/h1-4,14-15H,5-9H2,(H,16,17). The molecule has 0 amide bonds. The summed E-state index contributed by atoms with van der Waals surface area (Å²) in [6.07, 6.45) is 0.486. The molecular weight excluding hydrogens is 234 g/mol. The van der Waals surface area contributed by atoms with Crippen LogP contribution in [0.5, 0.6) is 5.75 Å². The summed E-state index contributed by atoms with van der Waals surface area (Å²) in [5, 5.41) is 21.0. The van der Waals surface area contributed by atoms with Gasteiger partial charge in [0.2, 0.25) is 0 Å². The second kappa shape index (κ2) is 5.37. The summed E-state index contributed by atoms with van der Waals surface area (Å²) < 4.78 is 5.88. The van der Waals surface area contributed by atoms with Crippen molar-refractivity contribution in [2.45, 2.75) is 18.4 Å². The van der Waals surface area contributed by atoms with Gasteiger partial charge in [0.25, 0.3) is 0 Å². The van der Waals surface area contributed by atoms with Gasteiger partial charge in [0.15, 0.2) is 0 Å². The lowest BCUT2D eigenvalue weighted by molar-refractivity contribution is -0.143. The molecule has 0 radical (unpaired) electrons. The van der Waals surface area contributed by atoms with E-state index in [-0.39, 0.29) is 13.0 Å². The van der Waals surface area contributed by atoms with Crippen molar-refractivity contribution in [3.63, 3.8) is 0 Å². The summed E-state index contributed by atoms with van der Waals surface area (Å²) in [7, 11) is 0. The van der Waals surface area contributed by atoms with Crippen molar-refractivity contribution in [1.82, 2.24) is 5.32 Å². The van der Waals surface area contributed by atoms with Gasteiger partial charge in [0.05, 0.1) is 6.42 Å². The maximum Gasteiger partial charge on any atom is 0.307 e. The lowest BCUT2D eigenvalue weighted by Gasteiger charge is -2.41.